The summed E-state index contributed by atoms with van der Waals surface area (Å²) in [7, 11) is 1.44. The normalized spacial score (nSPS) is 11.3. The summed E-state index contributed by atoms with van der Waals surface area (Å²) in [6.45, 7) is 6.59. The van der Waals surface area contributed by atoms with Gasteiger partial charge in [0.05, 0.1) is 5.75 Å². The van der Waals surface area contributed by atoms with E-state index in [0.717, 1.165) is 10.1 Å². The van der Waals surface area contributed by atoms with Crippen LogP contribution in [0, 0.1) is 12.8 Å². The van der Waals surface area contributed by atoms with Gasteiger partial charge >= 0.3 is 5.69 Å². The molecule has 0 fully saturated rings. The van der Waals surface area contributed by atoms with Crippen LogP contribution in [0.3, 0.4) is 0 Å². The number of fused-ring (bicyclic) bond motifs is 1. The zero-order valence-corrected chi connectivity index (χ0v) is 20.1. The smallest absolute Gasteiger partial charge is 0.332 e. The third-order valence-corrected chi connectivity index (χ3v) is 6.02. The largest absolute Gasteiger partial charge is 0.355 e. The fraction of sp³-hybridized carbons (Fsp3) is 0.409. The predicted octanol–water partition coefficient (Wildman–Crippen LogP) is 2.56. The van der Waals surface area contributed by atoms with Gasteiger partial charge in [-0.3, -0.25) is 18.7 Å². The van der Waals surface area contributed by atoms with E-state index in [9.17, 15) is 14.4 Å². The Balaban J connectivity index is 1.79. The quantitative estimate of drug-likeness (QED) is 0.397. The maximum Gasteiger partial charge on any atom is 0.332 e. The molecule has 2 aromatic heterocycles. The lowest BCUT2D eigenvalue weighted by atomic mass is 10.1. The van der Waals surface area contributed by atoms with Crippen molar-refractivity contribution >= 4 is 40.3 Å². The minimum absolute atomic E-state index is 0.0959. The van der Waals surface area contributed by atoms with Gasteiger partial charge in [-0.15, -0.1) is 0 Å². The monoisotopic (exact) mass is 475 g/mol. The molecule has 1 aromatic carbocycles. The van der Waals surface area contributed by atoms with E-state index in [1.165, 1.54) is 23.4 Å². The lowest BCUT2D eigenvalue weighted by Gasteiger charge is -2.15. The van der Waals surface area contributed by atoms with Crippen LogP contribution in [0.5, 0.6) is 0 Å². The summed E-state index contributed by atoms with van der Waals surface area (Å²) in [5.74, 6) is 0.554. The molecule has 2 heterocycles. The molecule has 10 heteroatoms. The van der Waals surface area contributed by atoms with Crippen LogP contribution < -0.4 is 16.6 Å². The number of rotatable bonds is 8. The molecule has 1 N–H and O–H groups in total. The first-order valence-electron chi connectivity index (χ1n) is 10.3. The van der Waals surface area contributed by atoms with Crippen molar-refractivity contribution in [3.05, 3.63) is 61.5 Å². The van der Waals surface area contributed by atoms with E-state index in [1.54, 1.807) is 6.92 Å². The van der Waals surface area contributed by atoms with Crippen molar-refractivity contribution in [1.29, 1.82) is 0 Å². The number of halogens is 1. The molecule has 0 radical (unpaired) electrons. The Labute approximate surface area is 195 Å². The van der Waals surface area contributed by atoms with Gasteiger partial charge in [0, 0.05) is 25.2 Å². The summed E-state index contributed by atoms with van der Waals surface area (Å²) in [6.07, 6.45) is 0.686. The van der Waals surface area contributed by atoms with Gasteiger partial charge in [0.25, 0.3) is 5.56 Å². The number of hydrogen-bond donors (Lipinski definition) is 1. The van der Waals surface area contributed by atoms with Crippen LogP contribution in [0.1, 0.15) is 25.2 Å². The van der Waals surface area contributed by atoms with Crippen molar-refractivity contribution in [3.8, 4) is 0 Å². The molecule has 1 amide bonds. The average molecular weight is 476 g/mol. The number of benzene rings is 1. The SMILES string of the molecule is Cc1nc(SCC(=O)NCCc2ccc(Cl)cc2)c2c(=O)n(C)c(=O)n(CC(C)C)c2n1. The highest BCUT2D eigenvalue weighted by Crippen LogP contribution is 2.22. The lowest BCUT2D eigenvalue weighted by molar-refractivity contribution is -0.118. The molecule has 32 heavy (non-hydrogen) atoms. The summed E-state index contributed by atoms with van der Waals surface area (Å²) >= 11 is 7.05. The van der Waals surface area contributed by atoms with Crippen molar-refractivity contribution in [2.24, 2.45) is 13.0 Å². The molecule has 0 atom stereocenters. The summed E-state index contributed by atoms with van der Waals surface area (Å²) in [5.41, 5.74) is 0.511. The van der Waals surface area contributed by atoms with Crippen molar-refractivity contribution in [3.63, 3.8) is 0 Å². The van der Waals surface area contributed by atoms with Crippen LogP contribution >= 0.6 is 23.4 Å². The first kappa shape index (κ1) is 24.0. The molecule has 170 valence electrons. The standard InChI is InChI=1S/C22H26ClN5O3S/c1-13(2)11-28-19-18(21(30)27(4)22(28)31)20(26-14(3)25-19)32-12-17(29)24-10-9-15-5-7-16(23)8-6-15/h5-8,13H,9-12H2,1-4H3,(H,24,29). The van der Waals surface area contributed by atoms with Crippen molar-refractivity contribution in [2.75, 3.05) is 12.3 Å². The van der Waals surface area contributed by atoms with Crippen LogP contribution in [0.15, 0.2) is 38.9 Å². The predicted molar refractivity (Wildman–Crippen MR) is 128 cm³/mol. The Morgan fingerprint density at radius 2 is 1.88 bits per heavy atom. The molecule has 0 aliphatic carbocycles. The summed E-state index contributed by atoms with van der Waals surface area (Å²) in [6, 6.07) is 7.48. The van der Waals surface area contributed by atoms with Gasteiger partial charge in [0.1, 0.15) is 16.2 Å². The van der Waals surface area contributed by atoms with Crippen LogP contribution in [0.25, 0.3) is 11.0 Å². The number of thioether (sulfide) groups is 1. The lowest BCUT2D eigenvalue weighted by Crippen LogP contribution is -2.39. The van der Waals surface area contributed by atoms with E-state index in [1.807, 2.05) is 38.1 Å². The molecule has 0 bridgehead atoms. The average Bonchev–Trinajstić information content (AvgIpc) is 2.74. The summed E-state index contributed by atoms with van der Waals surface area (Å²) in [5, 5.41) is 4.21. The first-order chi connectivity index (χ1) is 15.2. The Morgan fingerprint density at radius 3 is 2.53 bits per heavy atom. The Hall–Kier alpha value is -2.65. The fourth-order valence-corrected chi connectivity index (χ4v) is 4.27. The molecule has 0 saturated carbocycles. The van der Waals surface area contributed by atoms with Crippen molar-refractivity contribution < 1.29 is 4.79 Å². The Morgan fingerprint density at radius 1 is 1.19 bits per heavy atom. The van der Waals surface area contributed by atoms with Crippen molar-refractivity contribution in [2.45, 2.75) is 38.8 Å². The fourth-order valence-electron chi connectivity index (χ4n) is 3.26. The maximum absolute atomic E-state index is 12.9. The van der Waals surface area contributed by atoms with Crippen LogP contribution in [-0.4, -0.2) is 37.3 Å². The molecule has 0 aliphatic rings. The molecule has 8 nitrogen and oxygen atoms in total. The zero-order valence-electron chi connectivity index (χ0n) is 18.5. The maximum atomic E-state index is 12.9. The number of nitrogens with zero attached hydrogens (tertiary/aromatic N) is 4. The number of aromatic nitrogens is 4. The number of nitrogens with one attached hydrogen (secondary N) is 1. The van der Waals surface area contributed by atoms with E-state index in [4.69, 9.17) is 11.6 Å². The highest BCUT2D eigenvalue weighted by molar-refractivity contribution is 8.00. The van der Waals surface area contributed by atoms with Gasteiger partial charge < -0.3 is 5.32 Å². The van der Waals surface area contributed by atoms with Gasteiger partial charge in [-0.25, -0.2) is 14.8 Å². The van der Waals surface area contributed by atoms with Crippen LogP contribution in [-0.2, 0) is 24.8 Å². The van der Waals surface area contributed by atoms with Gasteiger partial charge in [0.15, 0.2) is 5.65 Å². The van der Waals surface area contributed by atoms with Crippen molar-refractivity contribution in [1.82, 2.24) is 24.4 Å². The topological polar surface area (TPSA) is 98.9 Å². The molecule has 0 saturated heterocycles. The molecule has 3 rings (SSSR count). The number of carbonyl (C=O) groups excluding carboxylic acids is 1. The molecule has 0 spiro atoms. The van der Waals surface area contributed by atoms with E-state index in [0.29, 0.717) is 41.0 Å². The second kappa shape index (κ2) is 10.3. The number of amides is 1. The Kier molecular flexibility index (Phi) is 7.73. The first-order valence-corrected chi connectivity index (χ1v) is 11.7. The summed E-state index contributed by atoms with van der Waals surface area (Å²) in [4.78, 5) is 46.7. The third-order valence-electron chi connectivity index (χ3n) is 4.80. The highest BCUT2D eigenvalue weighted by atomic mass is 35.5. The number of aryl methyl sites for hydroxylation is 1. The van der Waals surface area contributed by atoms with Gasteiger partial charge in [-0.1, -0.05) is 49.3 Å². The van der Waals surface area contributed by atoms with Gasteiger partial charge in [-0.05, 0) is 37.0 Å². The minimum Gasteiger partial charge on any atom is -0.355 e. The molecule has 0 unspecified atom stereocenters. The van der Waals surface area contributed by atoms with Gasteiger partial charge in [0.2, 0.25) is 5.91 Å². The van der Waals surface area contributed by atoms with E-state index >= 15 is 0 Å². The zero-order chi connectivity index (χ0) is 23.4. The third kappa shape index (κ3) is 5.58. The van der Waals surface area contributed by atoms with Crippen LogP contribution in [0.4, 0.5) is 0 Å². The highest BCUT2D eigenvalue weighted by Gasteiger charge is 2.19. The molecular weight excluding hydrogens is 450 g/mol. The molecule has 3 aromatic rings. The molecule has 0 aliphatic heterocycles. The van der Waals surface area contributed by atoms with Crippen LogP contribution in [0.2, 0.25) is 5.02 Å². The second-order valence-corrected chi connectivity index (χ2v) is 9.34. The van der Waals surface area contributed by atoms with E-state index in [-0.39, 0.29) is 23.0 Å². The number of hydrogen-bond acceptors (Lipinski definition) is 6. The minimum atomic E-state index is -0.462. The Bertz CT molecular complexity index is 1250. The van der Waals surface area contributed by atoms with E-state index in [2.05, 4.69) is 15.3 Å². The van der Waals surface area contributed by atoms with Gasteiger partial charge in [-0.2, -0.15) is 0 Å². The molecular formula is C22H26ClN5O3S. The van der Waals surface area contributed by atoms with E-state index < -0.39 is 11.2 Å². The number of carbonyl (C=O) groups is 1. The summed E-state index contributed by atoms with van der Waals surface area (Å²) < 4.78 is 2.58. The second-order valence-electron chi connectivity index (χ2n) is 7.94.